The van der Waals surface area contributed by atoms with Crippen LogP contribution < -0.4 is 0 Å². The molecule has 2 saturated heterocycles. The summed E-state index contributed by atoms with van der Waals surface area (Å²) in [6.45, 7) is 4.45. The summed E-state index contributed by atoms with van der Waals surface area (Å²) >= 11 is 4.18. The molecule has 1 aromatic carbocycles. The Labute approximate surface area is 195 Å². The molecule has 0 N–H and O–H groups in total. The van der Waals surface area contributed by atoms with E-state index >= 15 is 0 Å². The third kappa shape index (κ3) is 4.38. The van der Waals surface area contributed by atoms with Gasteiger partial charge in [0.1, 0.15) is 6.04 Å². The molecule has 2 amide bonds. The monoisotopic (exact) mass is 452 g/mol. The van der Waals surface area contributed by atoms with E-state index in [1.54, 1.807) is 4.90 Å². The molecule has 2 aliphatic heterocycles. The van der Waals surface area contributed by atoms with Crippen LogP contribution in [0.5, 0.6) is 0 Å². The summed E-state index contributed by atoms with van der Waals surface area (Å²) in [5.74, 6) is 0.701. The molecular weight excluding hydrogens is 420 g/mol. The Morgan fingerprint density at radius 3 is 2.69 bits per heavy atom. The lowest BCUT2D eigenvalue weighted by Crippen LogP contribution is -2.49. The molecule has 2 unspecified atom stereocenters. The highest BCUT2D eigenvalue weighted by atomic mass is 32.1. The second-order valence-corrected chi connectivity index (χ2v) is 9.30. The normalized spacial score (nSPS) is 20.8. The first kappa shape index (κ1) is 22.7. The fourth-order valence-corrected chi connectivity index (χ4v) is 5.65. The summed E-state index contributed by atoms with van der Waals surface area (Å²) in [7, 11) is 0. The van der Waals surface area contributed by atoms with E-state index in [0.717, 1.165) is 62.5 Å². The smallest absolute Gasteiger partial charge is 0.245 e. The van der Waals surface area contributed by atoms with Crippen molar-refractivity contribution in [1.29, 1.82) is 5.26 Å². The molecule has 0 aliphatic carbocycles. The van der Waals surface area contributed by atoms with Crippen molar-refractivity contribution in [2.24, 2.45) is 0 Å². The van der Waals surface area contributed by atoms with Crippen molar-refractivity contribution < 1.29 is 9.59 Å². The van der Waals surface area contributed by atoms with Gasteiger partial charge in [0.05, 0.1) is 11.6 Å². The molecule has 6 nitrogen and oxygen atoms in total. The van der Waals surface area contributed by atoms with Gasteiger partial charge in [-0.3, -0.25) is 9.59 Å². The van der Waals surface area contributed by atoms with Crippen LogP contribution in [0.15, 0.2) is 24.3 Å². The number of aromatic nitrogens is 1. The Hall–Kier alpha value is -2.46. The number of hydrogen-bond donors (Lipinski definition) is 1. The summed E-state index contributed by atoms with van der Waals surface area (Å²) in [6.07, 6.45) is 5.92. The molecule has 2 aliphatic rings. The topological polar surface area (TPSA) is 69.3 Å². The Morgan fingerprint density at radius 2 is 1.94 bits per heavy atom. The number of aryl methyl sites for hydroxylation is 2. The third-order valence-electron chi connectivity index (χ3n) is 7.01. The highest BCUT2D eigenvalue weighted by Crippen LogP contribution is 2.29. The maximum atomic E-state index is 13.4. The number of nitriles is 1. The third-order valence-corrected chi connectivity index (χ3v) is 7.24. The van der Waals surface area contributed by atoms with E-state index in [2.05, 4.69) is 36.3 Å². The molecule has 0 radical (unpaired) electrons. The molecule has 32 heavy (non-hydrogen) atoms. The molecule has 2 atom stereocenters. The molecule has 2 fully saturated rings. The van der Waals surface area contributed by atoms with Gasteiger partial charge < -0.3 is 14.4 Å². The van der Waals surface area contributed by atoms with Gasteiger partial charge in [0, 0.05) is 43.3 Å². The first-order chi connectivity index (χ1) is 15.6. The predicted molar refractivity (Wildman–Crippen MR) is 129 cm³/mol. The van der Waals surface area contributed by atoms with Gasteiger partial charge in [-0.1, -0.05) is 6.07 Å². The van der Waals surface area contributed by atoms with E-state index in [1.807, 2.05) is 23.1 Å². The molecule has 2 aromatic rings. The van der Waals surface area contributed by atoms with Gasteiger partial charge >= 0.3 is 0 Å². The molecule has 0 saturated carbocycles. The molecule has 1 aromatic heterocycles. The SMILES string of the molecule is CCn1c(CCC2CCCN2C(=O)C2CCCN2C(=O)CCS)cc2ccc(C#N)cc21. The van der Waals surface area contributed by atoms with Gasteiger partial charge in [-0.05, 0) is 74.8 Å². The maximum Gasteiger partial charge on any atom is 0.245 e. The van der Waals surface area contributed by atoms with Crippen molar-refractivity contribution >= 4 is 35.3 Å². The molecule has 0 spiro atoms. The molecule has 0 bridgehead atoms. The number of benzene rings is 1. The van der Waals surface area contributed by atoms with Gasteiger partial charge in [0.25, 0.3) is 0 Å². The second kappa shape index (κ2) is 9.99. The zero-order valence-electron chi connectivity index (χ0n) is 18.8. The molecular formula is C25H32N4O2S. The van der Waals surface area contributed by atoms with Crippen LogP contribution in [0, 0.1) is 11.3 Å². The van der Waals surface area contributed by atoms with E-state index in [9.17, 15) is 14.9 Å². The molecule has 7 heteroatoms. The average Bonchev–Trinajstić information content (AvgIpc) is 3.54. The number of likely N-dealkylation sites (tertiary alicyclic amines) is 2. The Kier molecular flexibility index (Phi) is 7.10. The summed E-state index contributed by atoms with van der Waals surface area (Å²) in [6, 6.07) is 10.2. The van der Waals surface area contributed by atoms with Crippen LogP contribution in [0.2, 0.25) is 0 Å². The number of amides is 2. The molecule has 4 rings (SSSR count). The highest BCUT2D eigenvalue weighted by molar-refractivity contribution is 7.80. The maximum absolute atomic E-state index is 13.4. The standard InChI is InChI=1S/C25H32N4O2S/c1-2-27-21(16-19-8-7-18(17-26)15-23(19)27)10-9-20-5-3-12-28(20)25(31)22-6-4-13-29(22)24(30)11-14-32/h7-8,15-16,20,22,32H,2-6,9-14H2,1H3. The zero-order chi connectivity index (χ0) is 22.7. The van der Waals surface area contributed by atoms with Gasteiger partial charge in [-0.15, -0.1) is 0 Å². The first-order valence-electron chi connectivity index (χ1n) is 11.8. The van der Waals surface area contributed by atoms with Crippen LogP contribution in [-0.4, -0.2) is 57.1 Å². The van der Waals surface area contributed by atoms with E-state index in [0.29, 0.717) is 24.3 Å². The number of rotatable bonds is 7. The largest absolute Gasteiger partial charge is 0.345 e. The van der Waals surface area contributed by atoms with Crippen molar-refractivity contribution in [2.75, 3.05) is 18.8 Å². The van der Waals surface area contributed by atoms with Crippen molar-refractivity contribution in [2.45, 2.75) is 70.5 Å². The van der Waals surface area contributed by atoms with E-state index in [4.69, 9.17) is 0 Å². The van der Waals surface area contributed by atoms with Crippen LogP contribution in [0.1, 0.15) is 56.7 Å². The van der Waals surface area contributed by atoms with Crippen LogP contribution >= 0.6 is 12.6 Å². The predicted octanol–water partition coefficient (Wildman–Crippen LogP) is 3.77. The van der Waals surface area contributed by atoms with Crippen LogP contribution in [0.4, 0.5) is 0 Å². The van der Waals surface area contributed by atoms with E-state index in [1.165, 1.54) is 5.69 Å². The number of nitrogens with zero attached hydrogens (tertiary/aromatic N) is 4. The van der Waals surface area contributed by atoms with Gasteiger partial charge in [-0.2, -0.15) is 17.9 Å². The number of hydrogen-bond acceptors (Lipinski definition) is 4. The first-order valence-corrected chi connectivity index (χ1v) is 12.4. The van der Waals surface area contributed by atoms with Gasteiger partial charge in [0.2, 0.25) is 11.8 Å². The van der Waals surface area contributed by atoms with E-state index < -0.39 is 0 Å². The quantitative estimate of drug-likeness (QED) is 0.650. The molecule has 3 heterocycles. The Bertz CT molecular complexity index is 1040. The van der Waals surface area contributed by atoms with Gasteiger partial charge in [-0.25, -0.2) is 0 Å². The van der Waals surface area contributed by atoms with Crippen LogP contribution in [-0.2, 0) is 22.6 Å². The van der Waals surface area contributed by atoms with Crippen molar-refractivity contribution in [3.05, 3.63) is 35.5 Å². The number of thiol groups is 1. The number of fused-ring (bicyclic) bond motifs is 1. The number of carbonyl (C=O) groups is 2. The summed E-state index contributed by atoms with van der Waals surface area (Å²) in [4.78, 5) is 29.7. The summed E-state index contributed by atoms with van der Waals surface area (Å²) in [5.41, 5.74) is 3.03. The lowest BCUT2D eigenvalue weighted by molar-refractivity contribution is -0.144. The van der Waals surface area contributed by atoms with E-state index in [-0.39, 0.29) is 23.9 Å². The van der Waals surface area contributed by atoms with Crippen LogP contribution in [0.3, 0.4) is 0 Å². The Morgan fingerprint density at radius 1 is 1.16 bits per heavy atom. The lowest BCUT2D eigenvalue weighted by atomic mass is 10.1. The minimum Gasteiger partial charge on any atom is -0.345 e. The summed E-state index contributed by atoms with van der Waals surface area (Å²) < 4.78 is 2.28. The van der Waals surface area contributed by atoms with Crippen molar-refractivity contribution in [3.8, 4) is 6.07 Å². The second-order valence-electron chi connectivity index (χ2n) is 8.85. The fraction of sp³-hybridized carbons (Fsp3) is 0.560. The minimum absolute atomic E-state index is 0.0517. The summed E-state index contributed by atoms with van der Waals surface area (Å²) in [5, 5.41) is 10.4. The Balaban J connectivity index is 1.46. The van der Waals surface area contributed by atoms with Crippen LogP contribution in [0.25, 0.3) is 10.9 Å². The average molecular weight is 453 g/mol. The minimum atomic E-state index is -0.297. The van der Waals surface area contributed by atoms with Gasteiger partial charge in [0.15, 0.2) is 0 Å². The molecule has 170 valence electrons. The van der Waals surface area contributed by atoms with Crippen molar-refractivity contribution in [1.82, 2.24) is 14.4 Å². The zero-order valence-corrected chi connectivity index (χ0v) is 19.7. The number of carbonyl (C=O) groups excluding carboxylic acids is 2. The van der Waals surface area contributed by atoms with Crippen molar-refractivity contribution in [3.63, 3.8) is 0 Å². The fourth-order valence-electron chi connectivity index (χ4n) is 5.45. The highest BCUT2D eigenvalue weighted by Gasteiger charge is 2.39. The lowest BCUT2D eigenvalue weighted by Gasteiger charge is -2.31.